The normalized spacial score (nSPS) is 22.4. The standard InChI is InChI=1S/C32H47N8O5PS/c1-7-12-21(3)23(8-2)18-42-30(41)32(15-16-32)37-46(45-24-13-10-9-11-14-24)43-19-25-17-22(4)29(44-25)40-20-34-26-27(39(5)38-47-6)35-31(33)36-28(26)40/h7,9-14,22,25,29,34,37-38H,8,15-20H2,1-6H3,(H2,33,35,36)/b12-7-,23-21+. The number of anilines is 4. The van der Waals surface area contributed by atoms with Crippen molar-refractivity contribution in [3.8, 4) is 5.75 Å². The van der Waals surface area contributed by atoms with Crippen molar-refractivity contribution in [2.24, 2.45) is 5.92 Å². The monoisotopic (exact) mass is 686 g/mol. The van der Waals surface area contributed by atoms with E-state index in [0.29, 0.717) is 36.9 Å². The molecule has 0 bridgehead atoms. The molecule has 1 saturated carbocycles. The molecule has 13 nitrogen and oxygen atoms in total. The van der Waals surface area contributed by atoms with Crippen LogP contribution in [0.4, 0.5) is 23.3 Å². The van der Waals surface area contributed by atoms with Gasteiger partial charge in [-0.1, -0.05) is 56.1 Å². The molecule has 2 aliphatic heterocycles. The van der Waals surface area contributed by atoms with Crippen LogP contribution in [-0.2, 0) is 18.8 Å². The van der Waals surface area contributed by atoms with Crippen molar-refractivity contribution >= 4 is 49.7 Å². The highest BCUT2D eigenvalue weighted by molar-refractivity contribution is 7.96. The van der Waals surface area contributed by atoms with E-state index in [1.807, 2.05) is 74.6 Å². The molecule has 4 unspecified atom stereocenters. The SMILES string of the molecule is C/C=C\C(C)=C(/CC)COC(=O)C1(NP(OCC2CC(C)C(N3CNc4c(N(C)NSC)nc(N)nc43)O2)Oc2ccccc2)CC1. The van der Waals surface area contributed by atoms with Gasteiger partial charge in [0.2, 0.25) is 5.95 Å². The van der Waals surface area contributed by atoms with Gasteiger partial charge in [0, 0.05) is 13.0 Å². The Balaban J connectivity index is 1.24. The Bertz CT molecular complexity index is 1450. The summed E-state index contributed by atoms with van der Waals surface area (Å²) in [5.41, 5.74) is 8.30. The number of nitrogens with one attached hydrogen (secondary N) is 3. The molecular formula is C32H47N8O5PS. The average molecular weight is 687 g/mol. The fourth-order valence-electron chi connectivity index (χ4n) is 5.72. The second kappa shape index (κ2) is 15.8. The van der Waals surface area contributed by atoms with E-state index in [1.54, 1.807) is 0 Å². The maximum Gasteiger partial charge on any atom is 0.327 e. The highest BCUT2D eigenvalue weighted by atomic mass is 32.2. The van der Waals surface area contributed by atoms with E-state index in [1.165, 1.54) is 11.9 Å². The molecule has 256 valence electrons. The second-order valence-corrected chi connectivity index (χ2v) is 13.8. The third-order valence-corrected chi connectivity index (χ3v) is 10.3. The summed E-state index contributed by atoms with van der Waals surface area (Å²) in [5, 5.41) is 8.62. The molecule has 1 saturated heterocycles. The minimum atomic E-state index is -1.69. The van der Waals surface area contributed by atoms with Gasteiger partial charge in [-0.2, -0.15) is 14.8 Å². The molecule has 3 aliphatic rings. The summed E-state index contributed by atoms with van der Waals surface area (Å²) in [6.07, 6.45) is 8.42. The van der Waals surface area contributed by atoms with Crippen LogP contribution in [0.5, 0.6) is 5.75 Å². The van der Waals surface area contributed by atoms with E-state index in [-0.39, 0.29) is 43.4 Å². The number of nitrogens with two attached hydrogens (primary N) is 1. The van der Waals surface area contributed by atoms with Crippen molar-refractivity contribution < 1.29 is 23.3 Å². The molecule has 5 rings (SSSR count). The Hall–Kier alpha value is -3.13. The smallest absolute Gasteiger partial charge is 0.327 e. The van der Waals surface area contributed by atoms with E-state index < -0.39 is 14.1 Å². The number of esters is 1. The molecule has 15 heteroatoms. The largest absolute Gasteiger partial charge is 0.460 e. The molecule has 4 atom stereocenters. The van der Waals surface area contributed by atoms with Gasteiger partial charge in [-0.05, 0) is 69.1 Å². The number of nitrogen functional groups attached to an aromatic ring is 1. The summed E-state index contributed by atoms with van der Waals surface area (Å²) in [5.74, 6) is 2.10. The van der Waals surface area contributed by atoms with Crippen LogP contribution in [0, 0.1) is 5.92 Å². The number of nitrogens with zero attached hydrogens (tertiary/aromatic N) is 4. The number of allylic oxidation sites excluding steroid dienone is 3. The molecule has 0 radical (unpaired) electrons. The first kappa shape index (κ1) is 35.2. The Morgan fingerprint density at radius 2 is 2.09 bits per heavy atom. The topological polar surface area (TPSA) is 148 Å². The number of para-hydroxylation sites is 1. The molecular weight excluding hydrogens is 639 g/mol. The van der Waals surface area contributed by atoms with Crippen LogP contribution in [-0.4, -0.2) is 67.0 Å². The minimum Gasteiger partial charge on any atom is -0.460 e. The van der Waals surface area contributed by atoms with Crippen molar-refractivity contribution in [1.29, 1.82) is 0 Å². The number of hydrogen-bond acceptors (Lipinski definition) is 14. The molecule has 1 aromatic heterocycles. The van der Waals surface area contributed by atoms with Crippen molar-refractivity contribution in [2.45, 2.75) is 71.2 Å². The molecule has 0 spiro atoms. The average Bonchev–Trinajstić information content (AvgIpc) is 3.58. The summed E-state index contributed by atoms with van der Waals surface area (Å²) in [7, 11) is 0.190. The van der Waals surface area contributed by atoms with Gasteiger partial charge in [-0.15, -0.1) is 0 Å². The minimum absolute atomic E-state index is 0.184. The van der Waals surface area contributed by atoms with Crippen LogP contribution >= 0.6 is 20.5 Å². The Labute approximate surface area is 283 Å². The zero-order valence-corrected chi connectivity index (χ0v) is 29.7. The molecule has 0 amide bonds. The highest BCUT2D eigenvalue weighted by Gasteiger charge is 2.54. The number of aromatic nitrogens is 2. The maximum absolute atomic E-state index is 13.3. The third-order valence-electron chi connectivity index (χ3n) is 8.43. The van der Waals surface area contributed by atoms with Crippen molar-refractivity contribution in [3.63, 3.8) is 0 Å². The lowest BCUT2D eigenvalue weighted by molar-refractivity contribution is -0.146. The molecule has 2 fully saturated rings. The van der Waals surface area contributed by atoms with Crippen molar-refractivity contribution in [3.05, 3.63) is 53.6 Å². The number of hydrazine groups is 1. The molecule has 1 aromatic carbocycles. The van der Waals surface area contributed by atoms with Gasteiger partial charge in [0.1, 0.15) is 29.8 Å². The number of hydrogen-bond donors (Lipinski definition) is 4. The van der Waals surface area contributed by atoms with Crippen LogP contribution < -0.4 is 35.4 Å². The van der Waals surface area contributed by atoms with Gasteiger partial charge < -0.3 is 34.5 Å². The van der Waals surface area contributed by atoms with Crippen LogP contribution in [0.25, 0.3) is 0 Å². The van der Waals surface area contributed by atoms with Crippen LogP contribution in [0.15, 0.2) is 53.6 Å². The molecule has 47 heavy (non-hydrogen) atoms. The van der Waals surface area contributed by atoms with E-state index in [9.17, 15) is 4.79 Å². The third kappa shape index (κ3) is 8.48. The van der Waals surface area contributed by atoms with E-state index >= 15 is 0 Å². The lowest BCUT2D eigenvalue weighted by Gasteiger charge is -2.28. The Morgan fingerprint density at radius 3 is 2.77 bits per heavy atom. The van der Waals surface area contributed by atoms with Gasteiger partial charge in [-0.3, -0.25) is 9.80 Å². The number of carbonyl (C=O) groups is 1. The van der Waals surface area contributed by atoms with Gasteiger partial charge >= 0.3 is 14.5 Å². The van der Waals surface area contributed by atoms with E-state index in [2.05, 4.69) is 44.0 Å². The van der Waals surface area contributed by atoms with E-state index in [4.69, 9.17) is 24.3 Å². The molecule has 2 aromatic rings. The zero-order chi connectivity index (χ0) is 33.6. The first-order chi connectivity index (χ1) is 22.7. The van der Waals surface area contributed by atoms with E-state index in [0.717, 1.165) is 29.7 Å². The number of fused-ring (bicyclic) bond motifs is 1. The van der Waals surface area contributed by atoms with Crippen LogP contribution in [0.3, 0.4) is 0 Å². The first-order valence-electron chi connectivity index (χ1n) is 16.0. The maximum atomic E-state index is 13.3. The summed E-state index contributed by atoms with van der Waals surface area (Å²) in [6.45, 7) is 9.30. The lowest BCUT2D eigenvalue weighted by Crippen LogP contribution is -2.40. The zero-order valence-electron chi connectivity index (χ0n) is 28.0. The first-order valence-corrected chi connectivity index (χ1v) is 18.4. The Morgan fingerprint density at radius 1 is 1.32 bits per heavy atom. The summed E-state index contributed by atoms with van der Waals surface area (Å²) < 4.78 is 25.0. The second-order valence-electron chi connectivity index (χ2n) is 12.0. The predicted molar refractivity (Wildman–Crippen MR) is 189 cm³/mol. The summed E-state index contributed by atoms with van der Waals surface area (Å²) in [6, 6.07) is 9.48. The molecule has 5 N–H and O–H groups in total. The number of rotatable bonds is 16. The van der Waals surface area contributed by atoms with Crippen LogP contribution in [0.2, 0.25) is 0 Å². The summed E-state index contributed by atoms with van der Waals surface area (Å²) in [4.78, 5) is 27.6. The molecule has 1 aliphatic carbocycles. The van der Waals surface area contributed by atoms with Crippen molar-refractivity contribution in [2.75, 3.05) is 54.1 Å². The fourth-order valence-corrected chi connectivity index (χ4v) is 7.52. The Kier molecular flexibility index (Phi) is 11.9. The van der Waals surface area contributed by atoms with Gasteiger partial charge in [0.15, 0.2) is 11.6 Å². The number of carbonyl (C=O) groups excluding carboxylic acids is 1. The summed E-state index contributed by atoms with van der Waals surface area (Å²) >= 11 is 1.46. The van der Waals surface area contributed by atoms with Gasteiger partial charge in [-0.25, -0.2) is 5.09 Å². The number of ether oxygens (including phenoxy) is 2. The highest BCUT2D eigenvalue weighted by Crippen LogP contribution is 2.48. The van der Waals surface area contributed by atoms with Gasteiger partial charge in [0.25, 0.3) is 0 Å². The molecule has 3 heterocycles. The fraction of sp³-hybridized carbons (Fsp3) is 0.531. The number of benzene rings is 1. The lowest BCUT2D eigenvalue weighted by atomic mass is 10.1. The van der Waals surface area contributed by atoms with Crippen LogP contribution in [0.1, 0.15) is 53.4 Å². The quantitative estimate of drug-likeness (QED) is 0.0578. The van der Waals surface area contributed by atoms with Gasteiger partial charge in [0.05, 0.1) is 19.4 Å². The predicted octanol–water partition coefficient (Wildman–Crippen LogP) is 5.51. The van der Waals surface area contributed by atoms with Crippen molar-refractivity contribution in [1.82, 2.24) is 19.9 Å².